The number of aryl methyl sites for hydroxylation is 3. The molecule has 1 unspecified atom stereocenters. The number of thioether (sulfide) groups is 1. The largest absolute Gasteiger partial charge is 0.327 e. The van der Waals surface area contributed by atoms with Crippen LogP contribution in [-0.4, -0.2) is 25.7 Å². The van der Waals surface area contributed by atoms with Crippen LogP contribution in [0, 0.1) is 30.9 Å². The number of nitro groups is 1. The highest BCUT2D eigenvalue weighted by Crippen LogP contribution is 2.30. The number of carbonyl (C=O) groups is 1. The number of nitrogens with one attached hydrogen (secondary N) is 2. The smallest absolute Gasteiger partial charge is 0.319 e. The van der Waals surface area contributed by atoms with Gasteiger partial charge in [0.15, 0.2) is 11.0 Å². The van der Waals surface area contributed by atoms with Crippen LogP contribution in [0.15, 0.2) is 102 Å². The summed E-state index contributed by atoms with van der Waals surface area (Å²) in [5.74, 6) is 1.16. The van der Waals surface area contributed by atoms with Gasteiger partial charge in [-0.25, -0.2) is 4.79 Å². The third kappa shape index (κ3) is 7.28. The molecule has 0 spiro atoms. The van der Waals surface area contributed by atoms with E-state index in [4.69, 9.17) is 0 Å². The first-order valence-corrected chi connectivity index (χ1v) is 14.8. The fourth-order valence-corrected chi connectivity index (χ4v) is 5.79. The normalized spacial score (nSPS) is 11.6. The number of hydrogen-bond donors (Lipinski definition) is 2. The Morgan fingerprint density at radius 3 is 2.23 bits per heavy atom. The van der Waals surface area contributed by atoms with Gasteiger partial charge in [-0.05, 0) is 55.2 Å². The van der Waals surface area contributed by atoms with Crippen molar-refractivity contribution in [3.8, 4) is 5.69 Å². The van der Waals surface area contributed by atoms with Crippen molar-refractivity contribution in [2.24, 2.45) is 0 Å². The van der Waals surface area contributed by atoms with Gasteiger partial charge in [0.05, 0.1) is 11.0 Å². The first kappa shape index (κ1) is 29.5. The molecular weight excluding hydrogens is 560 g/mol. The van der Waals surface area contributed by atoms with Gasteiger partial charge in [0, 0.05) is 35.7 Å². The summed E-state index contributed by atoms with van der Waals surface area (Å²) in [6, 6.07) is 29.3. The first-order chi connectivity index (χ1) is 20.8. The molecule has 10 heteroatoms. The molecule has 0 radical (unpaired) electrons. The van der Waals surface area contributed by atoms with Gasteiger partial charge >= 0.3 is 6.03 Å². The van der Waals surface area contributed by atoms with Gasteiger partial charge in [0.25, 0.3) is 5.69 Å². The zero-order chi connectivity index (χ0) is 30.3. The molecule has 0 aliphatic rings. The summed E-state index contributed by atoms with van der Waals surface area (Å²) >= 11 is 1.51. The average Bonchev–Trinajstić information content (AvgIpc) is 3.42. The number of benzene rings is 4. The van der Waals surface area contributed by atoms with Gasteiger partial charge in [-0.2, -0.15) is 0 Å². The minimum absolute atomic E-state index is 0.0146. The fourth-order valence-electron chi connectivity index (χ4n) is 4.89. The number of carbonyl (C=O) groups excluding carboxylic acids is 1. The molecule has 1 aromatic heterocycles. The van der Waals surface area contributed by atoms with Crippen molar-refractivity contribution in [3.05, 3.63) is 141 Å². The number of amides is 2. The van der Waals surface area contributed by atoms with Crippen LogP contribution in [0.25, 0.3) is 5.69 Å². The quantitative estimate of drug-likeness (QED) is 0.0986. The Kier molecular flexibility index (Phi) is 9.17. The molecule has 9 nitrogen and oxygen atoms in total. The number of urea groups is 1. The molecule has 0 saturated carbocycles. The summed E-state index contributed by atoms with van der Waals surface area (Å²) in [7, 11) is 0. The Hall–Kier alpha value is -4.96. The highest BCUT2D eigenvalue weighted by atomic mass is 32.2. The maximum Gasteiger partial charge on any atom is 0.319 e. The van der Waals surface area contributed by atoms with Crippen LogP contribution in [0.5, 0.6) is 0 Å². The molecule has 0 bridgehead atoms. The number of anilines is 1. The van der Waals surface area contributed by atoms with Gasteiger partial charge in [-0.1, -0.05) is 90.1 Å². The molecule has 2 N–H and O–H groups in total. The molecular formula is C33H32N6O3S. The number of hydrogen-bond acceptors (Lipinski definition) is 6. The highest BCUT2D eigenvalue weighted by molar-refractivity contribution is 7.98. The molecule has 1 atom stereocenters. The van der Waals surface area contributed by atoms with Crippen LogP contribution in [0.2, 0.25) is 0 Å². The Balaban J connectivity index is 1.53. The van der Waals surface area contributed by atoms with E-state index in [1.807, 2.05) is 73.0 Å². The molecule has 0 saturated heterocycles. The van der Waals surface area contributed by atoms with E-state index in [9.17, 15) is 14.9 Å². The lowest BCUT2D eigenvalue weighted by Gasteiger charge is -2.21. The number of nitrogens with zero attached hydrogens (tertiary/aromatic N) is 4. The third-order valence-corrected chi connectivity index (χ3v) is 8.05. The molecule has 0 aliphatic heterocycles. The van der Waals surface area contributed by atoms with Gasteiger partial charge < -0.3 is 10.6 Å². The summed E-state index contributed by atoms with van der Waals surface area (Å²) in [6.07, 6.45) is 0.453. The standard InChI is InChI=1S/C33H32N6O3S/c1-22-9-7-14-26(19-22)21-43-33-37-36-31(38(33)27-15-17-28(18-16-27)39(41)42)29(20-25-12-5-4-6-13-25)34-32(40)35-30-23(2)10-8-11-24(30)3/h4-19,29H,20-21H2,1-3H3,(H2,34,35,40). The maximum absolute atomic E-state index is 13.4. The van der Waals surface area contributed by atoms with E-state index in [1.165, 1.54) is 23.9 Å². The SMILES string of the molecule is Cc1cccc(CSc2nnc(C(Cc3ccccc3)NC(=O)Nc3c(C)cccc3C)n2-c2ccc([N+](=O)[O-])cc2)c1. The molecule has 0 fully saturated rings. The second-order valence-electron chi connectivity index (χ2n) is 10.3. The van der Waals surface area contributed by atoms with Crippen LogP contribution in [0.4, 0.5) is 16.2 Å². The van der Waals surface area contributed by atoms with Crippen LogP contribution < -0.4 is 10.6 Å². The topological polar surface area (TPSA) is 115 Å². The Labute approximate surface area is 254 Å². The van der Waals surface area contributed by atoms with Crippen LogP contribution in [0.1, 0.15) is 39.7 Å². The Bertz CT molecular complexity index is 1720. The van der Waals surface area contributed by atoms with Crippen LogP contribution in [-0.2, 0) is 12.2 Å². The second-order valence-corrected chi connectivity index (χ2v) is 11.3. The van der Waals surface area contributed by atoms with Gasteiger partial charge in [0.2, 0.25) is 0 Å². The number of rotatable bonds is 10. The van der Waals surface area contributed by atoms with E-state index in [0.717, 1.165) is 33.5 Å². The number of nitro benzene ring substituents is 1. The predicted octanol–water partition coefficient (Wildman–Crippen LogP) is 7.50. The van der Waals surface area contributed by atoms with Crippen molar-refractivity contribution in [2.75, 3.05) is 5.32 Å². The van der Waals surface area contributed by atoms with Gasteiger partial charge in [-0.3, -0.25) is 14.7 Å². The summed E-state index contributed by atoms with van der Waals surface area (Å²) < 4.78 is 1.87. The lowest BCUT2D eigenvalue weighted by atomic mass is 10.1. The van der Waals surface area contributed by atoms with E-state index in [-0.39, 0.29) is 11.7 Å². The summed E-state index contributed by atoms with van der Waals surface area (Å²) in [5, 5.41) is 27.2. The van der Waals surface area contributed by atoms with Crippen molar-refractivity contribution in [1.82, 2.24) is 20.1 Å². The van der Waals surface area contributed by atoms with Gasteiger partial charge in [-0.15, -0.1) is 10.2 Å². The summed E-state index contributed by atoms with van der Waals surface area (Å²) in [4.78, 5) is 24.4. The van der Waals surface area contributed by atoms with Crippen molar-refractivity contribution >= 4 is 29.2 Å². The lowest BCUT2D eigenvalue weighted by Crippen LogP contribution is -2.35. The second kappa shape index (κ2) is 13.3. The third-order valence-electron chi connectivity index (χ3n) is 7.05. The van der Waals surface area contributed by atoms with Crippen LogP contribution >= 0.6 is 11.8 Å². The van der Waals surface area contributed by atoms with Crippen molar-refractivity contribution in [2.45, 2.75) is 44.1 Å². The number of aromatic nitrogens is 3. The van der Waals surface area contributed by atoms with Gasteiger partial charge in [0.1, 0.15) is 0 Å². The monoisotopic (exact) mass is 592 g/mol. The molecule has 5 rings (SSSR count). The van der Waals surface area contributed by atoms with E-state index < -0.39 is 11.0 Å². The zero-order valence-electron chi connectivity index (χ0n) is 24.2. The molecule has 4 aromatic carbocycles. The number of para-hydroxylation sites is 1. The molecule has 43 heavy (non-hydrogen) atoms. The summed E-state index contributed by atoms with van der Waals surface area (Å²) in [6.45, 7) is 5.95. The molecule has 5 aromatic rings. The van der Waals surface area contributed by atoms with Crippen molar-refractivity contribution in [1.29, 1.82) is 0 Å². The minimum Gasteiger partial charge on any atom is -0.327 e. The maximum atomic E-state index is 13.4. The Morgan fingerprint density at radius 2 is 1.56 bits per heavy atom. The number of non-ortho nitro benzene ring substituents is 1. The summed E-state index contributed by atoms with van der Waals surface area (Å²) in [5.41, 5.74) is 6.62. The predicted molar refractivity (Wildman–Crippen MR) is 170 cm³/mol. The lowest BCUT2D eigenvalue weighted by molar-refractivity contribution is -0.384. The molecule has 2 amide bonds. The van der Waals surface area contributed by atoms with E-state index in [0.29, 0.717) is 28.8 Å². The van der Waals surface area contributed by atoms with E-state index in [2.05, 4.69) is 46.0 Å². The highest BCUT2D eigenvalue weighted by Gasteiger charge is 2.26. The molecule has 218 valence electrons. The molecule has 1 heterocycles. The van der Waals surface area contributed by atoms with E-state index >= 15 is 0 Å². The van der Waals surface area contributed by atoms with Crippen LogP contribution in [0.3, 0.4) is 0 Å². The molecule has 0 aliphatic carbocycles. The zero-order valence-corrected chi connectivity index (χ0v) is 25.0. The van der Waals surface area contributed by atoms with Crippen molar-refractivity contribution in [3.63, 3.8) is 0 Å². The fraction of sp³-hybridized carbons (Fsp3) is 0.182. The first-order valence-electron chi connectivity index (χ1n) is 13.8. The minimum atomic E-state index is -0.567. The van der Waals surface area contributed by atoms with Crippen molar-refractivity contribution < 1.29 is 9.72 Å². The Morgan fingerprint density at radius 1 is 0.884 bits per heavy atom. The average molecular weight is 593 g/mol. The van der Waals surface area contributed by atoms with E-state index in [1.54, 1.807) is 12.1 Å².